The lowest BCUT2D eigenvalue weighted by atomic mass is 9.84. The minimum absolute atomic E-state index is 0.0777. The number of phenolic OH excluding ortho intramolecular Hbond substituents is 1. The first-order chi connectivity index (χ1) is 16.0. The average Bonchev–Trinajstić information content (AvgIpc) is 3.10. The summed E-state index contributed by atoms with van der Waals surface area (Å²) in [6.07, 6.45) is 0. The van der Waals surface area contributed by atoms with E-state index in [1.54, 1.807) is 32.2 Å². The maximum absolute atomic E-state index is 14.5. The summed E-state index contributed by atoms with van der Waals surface area (Å²) in [7, 11) is 1.58. The summed E-state index contributed by atoms with van der Waals surface area (Å²) in [5.41, 5.74) is 2.67. The molecule has 4 rings (SSSR count). The van der Waals surface area contributed by atoms with Crippen molar-refractivity contribution in [3.05, 3.63) is 83.1 Å². The number of rotatable bonds is 6. The van der Waals surface area contributed by atoms with E-state index >= 15 is 0 Å². The van der Waals surface area contributed by atoms with Gasteiger partial charge in [-0.15, -0.1) is 0 Å². The van der Waals surface area contributed by atoms with Crippen LogP contribution in [0.3, 0.4) is 0 Å². The van der Waals surface area contributed by atoms with Gasteiger partial charge in [0.25, 0.3) is 0 Å². The van der Waals surface area contributed by atoms with E-state index in [9.17, 15) is 23.8 Å². The molecule has 1 heterocycles. The Balaban J connectivity index is 2.21. The van der Waals surface area contributed by atoms with E-state index in [0.29, 0.717) is 45.6 Å². The van der Waals surface area contributed by atoms with E-state index in [4.69, 9.17) is 4.74 Å². The zero-order valence-corrected chi connectivity index (χ0v) is 19.3. The number of carbonyl (C=O) groups is 1. The molecule has 0 aliphatic heterocycles. The Kier molecular flexibility index (Phi) is 5.91. The highest BCUT2D eigenvalue weighted by molar-refractivity contribution is 6.01. The summed E-state index contributed by atoms with van der Waals surface area (Å²) in [4.78, 5) is 11.7. The van der Waals surface area contributed by atoms with Crippen LogP contribution in [0, 0.1) is 18.6 Å². The van der Waals surface area contributed by atoms with Gasteiger partial charge in [0.05, 0.1) is 17.7 Å². The quantitative estimate of drug-likeness (QED) is 0.355. The summed E-state index contributed by atoms with van der Waals surface area (Å²) in [5.74, 6) is -2.19. The molecule has 0 spiro atoms. The van der Waals surface area contributed by atoms with E-state index in [0.717, 1.165) is 0 Å². The number of aryl methyl sites for hydroxylation is 1. The Morgan fingerprint density at radius 3 is 2.44 bits per heavy atom. The lowest BCUT2D eigenvalue weighted by Gasteiger charge is -2.28. The minimum Gasteiger partial charge on any atom is -0.508 e. The summed E-state index contributed by atoms with van der Waals surface area (Å²) >= 11 is 0. The molecule has 0 amide bonds. The van der Waals surface area contributed by atoms with Crippen molar-refractivity contribution >= 4 is 16.9 Å². The van der Waals surface area contributed by atoms with Gasteiger partial charge in [-0.3, -0.25) is 0 Å². The van der Waals surface area contributed by atoms with Gasteiger partial charge in [-0.2, -0.15) is 0 Å². The predicted molar refractivity (Wildman–Crippen MR) is 127 cm³/mol. The second-order valence-electron chi connectivity index (χ2n) is 9.04. The van der Waals surface area contributed by atoms with Crippen molar-refractivity contribution in [2.45, 2.75) is 26.2 Å². The molecule has 0 aliphatic rings. The van der Waals surface area contributed by atoms with Crippen LogP contribution in [-0.2, 0) is 10.2 Å². The van der Waals surface area contributed by atoms with Crippen molar-refractivity contribution in [2.75, 3.05) is 13.7 Å². The van der Waals surface area contributed by atoms with Crippen LogP contribution in [0.4, 0.5) is 8.78 Å². The lowest BCUT2D eigenvalue weighted by Crippen LogP contribution is -2.27. The second-order valence-corrected chi connectivity index (χ2v) is 9.04. The van der Waals surface area contributed by atoms with Crippen LogP contribution in [0.1, 0.15) is 35.5 Å². The summed E-state index contributed by atoms with van der Waals surface area (Å²) in [6.45, 7) is 5.86. The molecule has 0 fully saturated rings. The SMILES string of the molecule is COCC(C)(C)c1c(-c2cc(O)cc(C(=O)O)c2)c2ccc(F)cc2n1-c1ccc(F)c(C)c1. The Morgan fingerprint density at radius 1 is 1.06 bits per heavy atom. The van der Waals surface area contributed by atoms with Gasteiger partial charge in [0.1, 0.15) is 17.4 Å². The average molecular weight is 465 g/mol. The third-order valence-electron chi connectivity index (χ3n) is 5.93. The van der Waals surface area contributed by atoms with Crippen LogP contribution in [0.2, 0.25) is 0 Å². The molecule has 4 aromatic rings. The van der Waals surface area contributed by atoms with E-state index in [1.165, 1.54) is 36.4 Å². The number of hydrogen-bond donors (Lipinski definition) is 2. The van der Waals surface area contributed by atoms with Gasteiger partial charge in [0.2, 0.25) is 0 Å². The number of aromatic hydroxyl groups is 1. The van der Waals surface area contributed by atoms with E-state index < -0.39 is 17.2 Å². The van der Waals surface area contributed by atoms with Crippen LogP contribution in [0.25, 0.3) is 27.7 Å². The van der Waals surface area contributed by atoms with Crippen LogP contribution < -0.4 is 0 Å². The predicted octanol–water partition coefficient (Wildman–Crippen LogP) is 6.21. The topological polar surface area (TPSA) is 71.7 Å². The molecule has 0 radical (unpaired) electrons. The largest absolute Gasteiger partial charge is 0.508 e. The lowest BCUT2D eigenvalue weighted by molar-refractivity contribution is 0.0696. The molecule has 7 heteroatoms. The molecule has 0 saturated carbocycles. The molecular formula is C27H25F2NO4. The first-order valence-corrected chi connectivity index (χ1v) is 10.7. The number of fused-ring (bicyclic) bond motifs is 1. The highest BCUT2D eigenvalue weighted by Gasteiger charge is 2.32. The zero-order valence-electron chi connectivity index (χ0n) is 19.3. The number of phenols is 1. The van der Waals surface area contributed by atoms with Gasteiger partial charge in [0.15, 0.2) is 0 Å². The third kappa shape index (κ3) is 4.03. The number of halogens is 2. The molecular weight excluding hydrogens is 440 g/mol. The Labute approximate surface area is 195 Å². The van der Waals surface area contributed by atoms with Crippen LogP contribution >= 0.6 is 0 Å². The van der Waals surface area contributed by atoms with Gasteiger partial charge < -0.3 is 19.5 Å². The Morgan fingerprint density at radius 2 is 1.79 bits per heavy atom. The van der Waals surface area contributed by atoms with Gasteiger partial charge in [-0.05, 0) is 72.6 Å². The first-order valence-electron chi connectivity index (χ1n) is 10.7. The monoisotopic (exact) mass is 465 g/mol. The second kappa shape index (κ2) is 8.57. The minimum atomic E-state index is -1.18. The maximum Gasteiger partial charge on any atom is 0.335 e. The standard InChI is InChI=1S/C27H25F2NO4/c1-15-9-19(6-8-22(15)29)30-23-13-18(28)5-7-21(23)24(25(30)27(2,3)14-34-4)16-10-17(26(32)33)12-20(31)11-16/h5-13,31H,14H2,1-4H3,(H,32,33). The van der Waals surface area contributed by atoms with Crippen LogP contribution in [0.5, 0.6) is 5.75 Å². The molecule has 0 atom stereocenters. The van der Waals surface area contributed by atoms with Gasteiger partial charge >= 0.3 is 5.97 Å². The van der Waals surface area contributed by atoms with Crippen molar-refractivity contribution in [1.29, 1.82) is 0 Å². The number of methoxy groups -OCH3 is 1. The summed E-state index contributed by atoms with van der Waals surface area (Å²) < 4.78 is 35.9. The number of nitrogens with zero attached hydrogens (tertiary/aromatic N) is 1. The Hall–Kier alpha value is -3.71. The normalized spacial score (nSPS) is 11.8. The molecule has 5 nitrogen and oxygen atoms in total. The number of carboxylic acid groups (broad SMARTS) is 1. The molecule has 0 unspecified atom stereocenters. The van der Waals surface area contributed by atoms with E-state index in [1.807, 2.05) is 18.4 Å². The fraction of sp³-hybridized carbons (Fsp3) is 0.222. The number of benzene rings is 3. The molecule has 0 aliphatic carbocycles. The Bertz CT molecular complexity index is 1420. The molecule has 0 bridgehead atoms. The van der Waals surface area contributed by atoms with Crippen molar-refractivity contribution in [3.63, 3.8) is 0 Å². The molecule has 0 saturated heterocycles. The number of ether oxygens (including phenoxy) is 1. The third-order valence-corrected chi connectivity index (χ3v) is 5.93. The fourth-order valence-electron chi connectivity index (χ4n) is 4.54. The van der Waals surface area contributed by atoms with E-state index in [-0.39, 0.29) is 17.1 Å². The highest BCUT2D eigenvalue weighted by Crippen LogP contribution is 2.44. The van der Waals surface area contributed by atoms with Crippen LogP contribution in [-0.4, -0.2) is 34.5 Å². The zero-order chi connectivity index (χ0) is 24.8. The van der Waals surface area contributed by atoms with Gasteiger partial charge in [-0.1, -0.05) is 13.8 Å². The fourth-order valence-corrected chi connectivity index (χ4v) is 4.54. The summed E-state index contributed by atoms with van der Waals surface area (Å²) in [5, 5.41) is 20.5. The van der Waals surface area contributed by atoms with Crippen molar-refractivity contribution in [2.24, 2.45) is 0 Å². The summed E-state index contributed by atoms with van der Waals surface area (Å²) in [6, 6.07) is 13.2. The first kappa shape index (κ1) is 23.4. The molecule has 176 valence electrons. The van der Waals surface area contributed by atoms with Crippen molar-refractivity contribution in [3.8, 4) is 22.6 Å². The maximum atomic E-state index is 14.5. The van der Waals surface area contributed by atoms with Crippen LogP contribution in [0.15, 0.2) is 54.6 Å². The molecule has 1 aromatic heterocycles. The highest BCUT2D eigenvalue weighted by atomic mass is 19.1. The molecule has 2 N–H and O–H groups in total. The molecule has 3 aromatic carbocycles. The number of carboxylic acids is 1. The van der Waals surface area contributed by atoms with Crippen molar-refractivity contribution < 1.29 is 28.5 Å². The van der Waals surface area contributed by atoms with E-state index in [2.05, 4.69) is 0 Å². The molecule has 34 heavy (non-hydrogen) atoms. The number of aromatic nitrogens is 1. The van der Waals surface area contributed by atoms with Gasteiger partial charge in [0, 0.05) is 34.9 Å². The van der Waals surface area contributed by atoms with Crippen molar-refractivity contribution in [1.82, 2.24) is 4.57 Å². The van der Waals surface area contributed by atoms with Gasteiger partial charge in [-0.25, -0.2) is 13.6 Å². The number of aromatic carboxylic acids is 1. The number of hydrogen-bond acceptors (Lipinski definition) is 3. The smallest absolute Gasteiger partial charge is 0.335 e.